The standard InChI is InChI=1S/C59H73N3O2/c1-37-32-39(3)54(40(4)33-37)60-45-26-22-43(23-27-45)53(44-24-28-46(29-25-44)61-55-41(5)34-38(2)35-42(55)6)49-30-31-50(48-19-15-14-18-47(48)49)62-51-20-16-17-21-52(51)64-56(63)59(13,58(10,11)12)36-57(7,8)9/h14-15,18-19,22-35,51-53,60-62H,16-17,20-21,36H2,1-13H3. The Balaban J connectivity index is 1.24. The van der Waals surface area contributed by atoms with E-state index >= 15 is 0 Å². The van der Waals surface area contributed by atoms with Gasteiger partial charge < -0.3 is 20.7 Å². The van der Waals surface area contributed by atoms with Crippen LogP contribution in [-0.4, -0.2) is 18.1 Å². The molecule has 0 bridgehead atoms. The fourth-order valence-electron chi connectivity index (χ4n) is 10.4. The van der Waals surface area contributed by atoms with Crippen LogP contribution in [0.1, 0.15) is 137 Å². The van der Waals surface area contributed by atoms with Gasteiger partial charge in [-0.05, 0) is 160 Å². The number of fused-ring (bicyclic) bond motifs is 1. The van der Waals surface area contributed by atoms with Gasteiger partial charge in [0.25, 0.3) is 0 Å². The molecule has 64 heavy (non-hydrogen) atoms. The van der Waals surface area contributed by atoms with E-state index in [1.54, 1.807) is 0 Å². The Morgan fingerprint density at radius 2 is 1.08 bits per heavy atom. The molecule has 0 heterocycles. The second-order valence-corrected chi connectivity index (χ2v) is 21.5. The van der Waals surface area contributed by atoms with Gasteiger partial charge in [0.2, 0.25) is 0 Å². The van der Waals surface area contributed by atoms with Gasteiger partial charge in [-0.2, -0.15) is 0 Å². The van der Waals surface area contributed by atoms with Crippen LogP contribution in [0.3, 0.4) is 0 Å². The Hall–Kier alpha value is -5.55. The van der Waals surface area contributed by atoms with Crippen LogP contribution < -0.4 is 16.0 Å². The molecule has 0 saturated heterocycles. The highest BCUT2D eigenvalue weighted by atomic mass is 16.5. The predicted octanol–water partition coefficient (Wildman–Crippen LogP) is 16.1. The molecule has 1 fully saturated rings. The maximum atomic E-state index is 14.3. The van der Waals surface area contributed by atoms with Crippen LogP contribution in [0.15, 0.2) is 109 Å². The molecule has 7 rings (SSSR count). The van der Waals surface area contributed by atoms with Crippen LogP contribution in [-0.2, 0) is 9.53 Å². The minimum atomic E-state index is -0.615. The van der Waals surface area contributed by atoms with E-state index < -0.39 is 5.41 Å². The Kier molecular flexibility index (Phi) is 13.4. The summed E-state index contributed by atoms with van der Waals surface area (Å²) in [7, 11) is 0. The number of nitrogens with one attached hydrogen (secondary N) is 3. The van der Waals surface area contributed by atoms with Gasteiger partial charge in [-0.1, -0.05) is 138 Å². The zero-order valence-electron chi connectivity index (χ0n) is 41.0. The van der Waals surface area contributed by atoms with Gasteiger partial charge in [-0.15, -0.1) is 0 Å². The van der Waals surface area contributed by atoms with Crippen LogP contribution in [0, 0.1) is 57.8 Å². The molecule has 1 saturated carbocycles. The maximum absolute atomic E-state index is 14.3. The molecule has 1 aliphatic carbocycles. The summed E-state index contributed by atoms with van der Waals surface area (Å²) >= 11 is 0. The van der Waals surface area contributed by atoms with Crippen molar-refractivity contribution in [3.05, 3.63) is 159 Å². The number of ether oxygens (including phenoxy) is 1. The Morgan fingerprint density at radius 1 is 0.609 bits per heavy atom. The summed E-state index contributed by atoms with van der Waals surface area (Å²) in [5.41, 5.74) is 15.8. The number of esters is 1. The van der Waals surface area contributed by atoms with Crippen molar-refractivity contribution >= 4 is 45.2 Å². The van der Waals surface area contributed by atoms with Crippen molar-refractivity contribution < 1.29 is 9.53 Å². The molecule has 6 aromatic carbocycles. The summed E-state index contributed by atoms with van der Waals surface area (Å²) in [6, 6.07) is 40.3. The molecule has 0 aromatic heterocycles. The minimum absolute atomic E-state index is 0.0129. The highest BCUT2D eigenvalue weighted by Crippen LogP contribution is 2.48. The van der Waals surface area contributed by atoms with Crippen LogP contribution in [0.25, 0.3) is 10.8 Å². The van der Waals surface area contributed by atoms with E-state index in [1.807, 2.05) is 0 Å². The fraction of sp³-hybridized carbons (Fsp3) is 0.407. The summed E-state index contributed by atoms with van der Waals surface area (Å²) in [5.74, 6) is -0.110. The number of rotatable bonds is 12. The molecule has 0 aliphatic heterocycles. The lowest BCUT2D eigenvalue weighted by atomic mass is 9.61. The van der Waals surface area contributed by atoms with E-state index in [4.69, 9.17) is 4.74 Å². The number of hydrogen-bond donors (Lipinski definition) is 3. The quantitative estimate of drug-likeness (QED) is 0.0845. The third kappa shape index (κ3) is 10.2. The molecule has 3 atom stereocenters. The van der Waals surface area contributed by atoms with Gasteiger partial charge in [0, 0.05) is 39.7 Å². The van der Waals surface area contributed by atoms with E-state index in [0.717, 1.165) is 60.5 Å². The molecule has 3 unspecified atom stereocenters. The second-order valence-electron chi connectivity index (χ2n) is 21.5. The van der Waals surface area contributed by atoms with Gasteiger partial charge in [-0.25, -0.2) is 0 Å². The smallest absolute Gasteiger partial charge is 0.312 e. The van der Waals surface area contributed by atoms with Gasteiger partial charge in [0.05, 0.1) is 11.5 Å². The number of carbonyl (C=O) groups is 1. The third-order valence-corrected chi connectivity index (χ3v) is 13.9. The molecule has 6 aromatic rings. The van der Waals surface area contributed by atoms with Gasteiger partial charge >= 0.3 is 5.97 Å². The first-order valence-electron chi connectivity index (χ1n) is 23.6. The molecule has 5 nitrogen and oxygen atoms in total. The van der Waals surface area contributed by atoms with E-state index in [0.29, 0.717) is 0 Å². The molecule has 3 N–H and O–H groups in total. The predicted molar refractivity (Wildman–Crippen MR) is 273 cm³/mol. The lowest BCUT2D eigenvalue weighted by Gasteiger charge is -2.45. The van der Waals surface area contributed by atoms with E-state index in [1.165, 1.54) is 60.8 Å². The van der Waals surface area contributed by atoms with Crippen molar-refractivity contribution in [2.24, 2.45) is 16.2 Å². The molecular weight excluding hydrogens is 783 g/mol. The molecule has 0 amide bonds. The van der Waals surface area contributed by atoms with Crippen LogP contribution in [0.5, 0.6) is 0 Å². The summed E-state index contributed by atoms with van der Waals surface area (Å²) in [6.07, 6.45) is 4.53. The van der Waals surface area contributed by atoms with Crippen molar-refractivity contribution in [3.63, 3.8) is 0 Å². The van der Waals surface area contributed by atoms with Crippen molar-refractivity contribution in [1.29, 1.82) is 0 Å². The third-order valence-electron chi connectivity index (χ3n) is 13.9. The Morgan fingerprint density at radius 3 is 1.55 bits per heavy atom. The summed E-state index contributed by atoms with van der Waals surface area (Å²) < 4.78 is 6.62. The summed E-state index contributed by atoms with van der Waals surface area (Å²) in [5, 5.41) is 13.8. The first-order valence-corrected chi connectivity index (χ1v) is 23.6. The number of benzene rings is 6. The number of hydrogen-bond acceptors (Lipinski definition) is 5. The van der Waals surface area contributed by atoms with Crippen molar-refractivity contribution in [2.45, 2.75) is 140 Å². The lowest BCUT2D eigenvalue weighted by Crippen LogP contribution is -2.48. The minimum Gasteiger partial charge on any atom is -0.460 e. The SMILES string of the molecule is Cc1cc(C)c(Nc2ccc(C(c3ccc(Nc4c(C)cc(C)cc4C)cc3)c3ccc(NC4CCCCC4OC(=O)C(C)(CC(C)(C)C)C(C)(C)C)c4ccccc34)cc2)c(C)c1. The Labute approximate surface area is 384 Å². The number of carbonyl (C=O) groups excluding carboxylic acids is 1. The first-order chi connectivity index (χ1) is 30.2. The van der Waals surface area contributed by atoms with Gasteiger partial charge in [0.1, 0.15) is 6.10 Å². The molecule has 0 spiro atoms. The lowest BCUT2D eigenvalue weighted by molar-refractivity contribution is -0.172. The molecule has 1 aliphatic rings. The topological polar surface area (TPSA) is 62.4 Å². The second kappa shape index (κ2) is 18.5. The number of anilines is 5. The summed E-state index contributed by atoms with van der Waals surface area (Å²) in [6.45, 7) is 28.3. The fourth-order valence-corrected chi connectivity index (χ4v) is 10.4. The zero-order valence-corrected chi connectivity index (χ0v) is 41.0. The summed E-state index contributed by atoms with van der Waals surface area (Å²) in [4.78, 5) is 14.3. The van der Waals surface area contributed by atoms with Crippen molar-refractivity contribution in [1.82, 2.24) is 0 Å². The van der Waals surface area contributed by atoms with E-state index in [2.05, 4.69) is 215 Å². The molecular formula is C59H73N3O2. The molecule has 336 valence electrons. The van der Waals surface area contributed by atoms with Gasteiger partial charge in [0.15, 0.2) is 0 Å². The van der Waals surface area contributed by atoms with Crippen LogP contribution in [0.2, 0.25) is 0 Å². The highest BCUT2D eigenvalue weighted by Gasteiger charge is 2.49. The van der Waals surface area contributed by atoms with Crippen LogP contribution in [0.4, 0.5) is 28.4 Å². The maximum Gasteiger partial charge on any atom is 0.312 e. The highest BCUT2D eigenvalue weighted by molar-refractivity contribution is 5.97. The average molecular weight is 856 g/mol. The van der Waals surface area contributed by atoms with E-state index in [-0.39, 0.29) is 34.9 Å². The van der Waals surface area contributed by atoms with Gasteiger partial charge in [-0.3, -0.25) is 4.79 Å². The van der Waals surface area contributed by atoms with E-state index in [9.17, 15) is 4.79 Å². The zero-order chi connectivity index (χ0) is 46.1. The van der Waals surface area contributed by atoms with Crippen LogP contribution >= 0.6 is 0 Å². The molecule has 0 radical (unpaired) electrons. The molecule has 5 heteroatoms. The average Bonchev–Trinajstić information content (AvgIpc) is 3.22. The first kappa shape index (κ1) is 46.4. The number of aryl methyl sites for hydroxylation is 6. The largest absolute Gasteiger partial charge is 0.460 e. The Bertz CT molecular complexity index is 2460. The monoisotopic (exact) mass is 856 g/mol. The normalized spacial score (nSPS) is 16.7. The van der Waals surface area contributed by atoms with Crippen molar-refractivity contribution in [2.75, 3.05) is 16.0 Å². The van der Waals surface area contributed by atoms with Crippen molar-refractivity contribution in [3.8, 4) is 0 Å².